The van der Waals surface area contributed by atoms with Crippen LogP contribution in [0, 0.1) is 5.92 Å². The van der Waals surface area contributed by atoms with E-state index in [4.69, 9.17) is 21.1 Å². The molecule has 1 aromatic rings. The van der Waals surface area contributed by atoms with Crippen molar-refractivity contribution in [3.8, 4) is 0 Å². The van der Waals surface area contributed by atoms with Gasteiger partial charge in [0.25, 0.3) is 0 Å². The van der Waals surface area contributed by atoms with Crippen molar-refractivity contribution in [2.75, 3.05) is 7.11 Å². The third kappa shape index (κ3) is 4.70. The molecule has 0 heterocycles. The van der Waals surface area contributed by atoms with Gasteiger partial charge >= 0.3 is 12.1 Å². The van der Waals surface area contributed by atoms with Gasteiger partial charge in [0.05, 0.1) is 7.11 Å². The maximum atomic E-state index is 12.5. The third-order valence-electron chi connectivity index (χ3n) is 5.41. The number of carbonyl (C=O) groups is 2. The number of esters is 1. The molecule has 0 aromatic heterocycles. The average molecular weight is 380 g/mol. The van der Waals surface area contributed by atoms with E-state index >= 15 is 0 Å². The second-order valence-electron chi connectivity index (χ2n) is 7.35. The van der Waals surface area contributed by atoms with E-state index in [9.17, 15) is 9.59 Å². The van der Waals surface area contributed by atoms with E-state index < -0.39 is 23.7 Å². The third-order valence-corrected chi connectivity index (χ3v) is 5.65. The first kappa shape index (κ1) is 19.0. The molecule has 1 atom stereocenters. The molecule has 0 unspecified atom stereocenters. The second kappa shape index (κ2) is 8.30. The van der Waals surface area contributed by atoms with Crippen molar-refractivity contribution >= 4 is 23.7 Å². The Labute approximate surface area is 159 Å². The summed E-state index contributed by atoms with van der Waals surface area (Å²) in [5.74, 6) is 0.0242. The van der Waals surface area contributed by atoms with E-state index in [0.717, 1.165) is 31.2 Å². The summed E-state index contributed by atoms with van der Waals surface area (Å²) in [6.45, 7) is 0. The van der Waals surface area contributed by atoms with Crippen LogP contribution in [0.1, 0.15) is 56.9 Å². The zero-order valence-corrected chi connectivity index (χ0v) is 15.9. The predicted molar refractivity (Wildman–Crippen MR) is 99.0 cm³/mol. The summed E-state index contributed by atoms with van der Waals surface area (Å²) in [7, 11) is 1.34. The van der Waals surface area contributed by atoms with Crippen LogP contribution in [0.3, 0.4) is 0 Å². The Morgan fingerprint density at radius 1 is 1.27 bits per heavy atom. The van der Waals surface area contributed by atoms with E-state index in [1.54, 1.807) is 6.07 Å². The number of methoxy groups -OCH3 is 1. The minimum atomic E-state index is -0.661. The zero-order valence-electron chi connectivity index (χ0n) is 15.1. The molecule has 0 radical (unpaired) electrons. The minimum Gasteiger partial charge on any atom is -0.467 e. The molecule has 2 aliphatic rings. The summed E-state index contributed by atoms with van der Waals surface area (Å²) >= 11 is 6.05. The first-order chi connectivity index (χ1) is 12.5. The first-order valence-corrected chi connectivity index (χ1v) is 9.73. The number of benzene rings is 1. The minimum absolute atomic E-state index is 0.417. The van der Waals surface area contributed by atoms with E-state index in [2.05, 4.69) is 5.32 Å². The van der Waals surface area contributed by atoms with Crippen LogP contribution in [-0.4, -0.2) is 25.2 Å². The molecule has 1 amide bonds. The number of nitrogens with one attached hydrogen (secondary N) is 1. The van der Waals surface area contributed by atoms with E-state index in [1.165, 1.54) is 26.4 Å². The molecule has 2 saturated carbocycles. The van der Waals surface area contributed by atoms with Crippen molar-refractivity contribution in [2.45, 2.75) is 63.0 Å². The Balaban J connectivity index is 1.61. The van der Waals surface area contributed by atoms with E-state index in [-0.39, 0.29) is 0 Å². The SMILES string of the molecule is COC(=O)[C@H](CC1CCCCC1)NC(=O)OC1(c2cccc(Cl)c2)CC1. The van der Waals surface area contributed by atoms with Crippen LogP contribution >= 0.6 is 11.6 Å². The Bertz CT molecular complexity index is 653. The Morgan fingerprint density at radius 3 is 2.62 bits per heavy atom. The lowest BCUT2D eigenvalue weighted by Gasteiger charge is -2.26. The van der Waals surface area contributed by atoms with Gasteiger partial charge in [-0.3, -0.25) is 0 Å². The number of hydrogen-bond donors (Lipinski definition) is 1. The molecule has 1 aromatic carbocycles. The van der Waals surface area contributed by atoms with Gasteiger partial charge in [-0.05, 0) is 42.9 Å². The van der Waals surface area contributed by atoms with Gasteiger partial charge in [-0.1, -0.05) is 55.8 Å². The molecule has 2 fully saturated rings. The van der Waals surface area contributed by atoms with Gasteiger partial charge in [0.15, 0.2) is 0 Å². The fourth-order valence-electron chi connectivity index (χ4n) is 3.80. The molecule has 142 valence electrons. The molecular weight excluding hydrogens is 354 g/mol. The maximum absolute atomic E-state index is 12.5. The largest absolute Gasteiger partial charge is 0.467 e. The molecular formula is C20H26ClNO4. The number of alkyl carbamates (subject to hydrolysis) is 1. The molecule has 0 aliphatic heterocycles. The van der Waals surface area contributed by atoms with Gasteiger partial charge in [0.1, 0.15) is 11.6 Å². The summed E-state index contributed by atoms with van der Waals surface area (Å²) in [4.78, 5) is 24.6. The zero-order chi connectivity index (χ0) is 18.6. The highest BCUT2D eigenvalue weighted by Gasteiger charge is 2.49. The Morgan fingerprint density at radius 2 is 2.00 bits per heavy atom. The van der Waals surface area contributed by atoms with Gasteiger partial charge in [-0.2, -0.15) is 0 Å². The van der Waals surface area contributed by atoms with Gasteiger partial charge < -0.3 is 14.8 Å². The molecule has 6 heteroatoms. The molecule has 3 rings (SSSR count). The van der Waals surface area contributed by atoms with Crippen LogP contribution < -0.4 is 5.32 Å². The summed E-state index contributed by atoms with van der Waals surface area (Å²) < 4.78 is 10.6. The molecule has 1 N–H and O–H groups in total. The predicted octanol–water partition coefficient (Wildman–Crippen LogP) is 4.57. The summed E-state index contributed by atoms with van der Waals surface area (Å²) in [6, 6.07) is 6.71. The van der Waals surface area contributed by atoms with Crippen LogP contribution in [0.15, 0.2) is 24.3 Å². The molecule has 2 aliphatic carbocycles. The lowest BCUT2D eigenvalue weighted by atomic mass is 9.85. The number of amides is 1. The number of rotatable bonds is 6. The van der Waals surface area contributed by atoms with Gasteiger partial charge in [0, 0.05) is 5.02 Å². The highest BCUT2D eigenvalue weighted by atomic mass is 35.5. The van der Waals surface area contributed by atoms with Crippen molar-refractivity contribution in [3.05, 3.63) is 34.9 Å². The van der Waals surface area contributed by atoms with Gasteiger partial charge in [-0.15, -0.1) is 0 Å². The standard InChI is InChI=1S/C20H26ClNO4/c1-25-18(23)17(12-14-6-3-2-4-7-14)22-19(24)26-20(10-11-20)15-8-5-9-16(21)13-15/h5,8-9,13-14,17H,2-4,6-7,10-12H2,1H3,(H,22,24)/t17-/m0/s1. The summed E-state index contributed by atoms with van der Waals surface area (Å²) in [5.41, 5.74) is 0.266. The first-order valence-electron chi connectivity index (χ1n) is 9.36. The van der Waals surface area contributed by atoms with Crippen molar-refractivity contribution < 1.29 is 19.1 Å². The Hall–Kier alpha value is -1.75. The molecule has 0 bridgehead atoms. The van der Waals surface area contributed by atoms with Crippen molar-refractivity contribution in [3.63, 3.8) is 0 Å². The Kier molecular flexibility index (Phi) is 6.07. The normalized spacial score (nSPS) is 20.1. The number of halogens is 1. The van der Waals surface area contributed by atoms with Crippen LogP contribution in [0.25, 0.3) is 0 Å². The second-order valence-corrected chi connectivity index (χ2v) is 7.79. The van der Waals surface area contributed by atoms with Gasteiger partial charge in [-0.25, -0.2) is 9.59 Å². The smallest absolute Gasteiger partial charge is 0.408 e. The van der Waals surface area contributed by atoms with Crippen molar-refractivity contribution in [2.24, 2.45) is 5.92 Å². The molecule has 5 nitrogen and oxygen atoms in total. The van der Waals surface area contributed by atoms with E-state index in [1.807, 2.05) is 18.2 Å². The molecule has 0 spiro atoms. The lowest BCUT2D eigenvalue weighted by Crippen LogP contribution is -2.44. The van der Waals surface area contributed by atoms with Crippen LogP contribution in [0.4, 0.5) is 4.79 Å². The molecule has 26 heavy (non-hydrogen) atoms. The van der Waals surface area contributed by atoms with Crippen LogP contribution in [0.5, 0.6) is 0 Å². The van der Waals surface area contributed by atoms with Crippen LogP contribution in [-0.2, 0) is 19.9 Å². The fourth-order valence-corrected chi connectivity index (χ4v) is 3.99. The van der Waals surface area contributed by atoms with Gasteiger partial charge in [0.2, 0.25) is 0 Å². The highest BCUT2D eigenvalue weighted by Crippen LogP contribution is 2.49. The topological polar surface area (TPSA) is 64.6 Å². The highest BCUT2D eigenvalue weighted by molar-refractivity contribution is 6.30. The number of ether oxygens (including phenoxy) is 2. The number of carbonyl (C=O) groups excluding carboxylic acids is 2. The monoisotopic (exact) mass is 379 g/mol. The molecule has 0 saturated heterocycles. The lowest BCUT2D eigenvalue weighted by molar-refractivity contribution is -0.143. The maximum Gasteiger partial charge on any atom is 0.408 e. The van der Waals surface area contributed by atoms with E-state index in [0.29, 0.717) is 17.4 Å². The summed E-state index contributed by atoms with van der Waals surface area (Å²) in [5, 5.41) is 3.34. The summed E-state index contributed by atoms with van der Waals surface area (Å²) in [6.07, 6.45) is 7.34. The number of hydrogen-bond acceptors (Lipinski definition) is 4. The van der Waals surface area contributed by atoms with Crippen LogP contribution in [0.2, 0.25) is 5.02 Å². The quantitative estimate of drug-likeness (QED) is 0.735. The van der Waals surface area contributed by atoms with Crippen molar-refractivity contribution in [1.82, 2.24) is 5.32 Å². The average Bonchev–Trinajstić information content (AvgIpc) is 3.42. The fraction of sp³-hybridized carbons (Fsp3) is 0.600. The van der Waals surface area contributed by atoms with Crippen molar-refractivity contribution in [1.29, 1.82) is 0 Å².